The molecule has 2 N–H and O–H groups in total. The van der Waals surface area contributed by atoms with E-state index in [9.17, 15) is 8.42 Å². The second kappa shape index (κ2) is 8.16. The van der Waals surface area contributed by atoms with Crippen LogP contribution < -0.4 is 15.4 Å². The van der Waals surface area contributed by atoms with Crippen LogP contribution in [0.2, 0.25) is 0 Å². The van der Waals surface area contributed by atoms with Crippen molar-refractivity contribution in [3.63, 3.8) is 0 Å². The SMILES string of the molecule is CN=C(N)N(c1cc2ccccc2o1)c1cc(S(=O)(=O)c2ccccc2)ccc1OC. The van der Waals surface area contributed by atoms with Gasteiger partial charge in [0.25, 0.3) is 0 Å². The van der Waals surface area contributed by atoms with E-state index in [1.165, 1.54) is 24.1 Å². The number of sulfone groups is 1. The summed E-state index contributed by atoms with van der Waals surface area (Å²) in [5, 5.41) is 0.874. The molecule has 3 aromatic carbocycles. The Kier molecular flexibility index (Phi) is 5.39. The standard InChI is InChI=1S/C23H21N3O4S/c1-25-23(24)26(22-14-16-8-6-7-11-20(16)30-22)19-15-18(12-13-21(19)29-2)31(27,28)17-9-4-3-5-10-17/h3-15H,1-2H3,(H2,24,25). The molecule has 0 saturated carbocycles. The van der Waals surface area contributed by atoms with Gasteiger partial charge in [-0.25, -0.2) is 13.3 Å². The lowest BCUT2D eigenvalue weighted by atomic mass is 10.2. The number of furan rings is 1. The Labute approximate surface area is 180 Å². The van der Waals surface area contributed by atoms with Crippen molar-refractivity contribution in [2.45, 2.75) is 9.79 Å². The summed E-state index contributed by atoms with van der Waals surface area (Å²) in [6.07, 6.45) is 0. The van der Waals surface area contributed by atoms with Gasteiger partial charge in [-0.2, -0.15) is 0 Å². The van der Waals surface area contributed by atoms with Gasteiger partial charge < -0.3 is 14.9 Å². The monoisotopic (exact) mass is 435 g/mol. The first kappa shape index (κ1) is 20.5. The van der Waals surface area contributed by atoms with Crippen LogP contribution in [0.3, 0.4) is 0 Å². The van der Waals surface area contributed by atoms with Crippen LogP contribution in [0.15, 0.2) is 98.1 Å². The molecule has 0 saturated heterocycles. The Balaban J connectivity index is 1.91. The molecule has 0 aliphatic carbocycles. The van der Waals surface area contributed by atoms with E-state index >= 15 is 0 Å². The van der Waals surface area contributed by atoms with E-state index in [0.29, 0.717) is 22.9 Å². The number of guanidine groups is 1. The first-order chi connectivity index (χ1) is 15.0. The van der Waals surface area contributed by atoms with Crippen LogP contribution >= 0.6 is 0 Å². The topological polar surface area (TPSA) is 98.1 Å². The summed E-state index contributed by atoms with van der Waals surface area (Å²) in [5.74, 6) is 0.919. The van der Waals surface area contributed by atoms with Gasteiger partial charge in [-0.05, 0) is 36.4 Å². The summed E-state index contributed by atoms with van der Waals surface area (Å²) in [6.45, 7) is 0. The number of anilines is 2. The minimum Gasteiger partial charge on any atom is -0.495 e. The molecule has 0 unspecified atom stereocenters. The summed E-state index contributed by atoms with van der Waals surface area (Å²) in [4.78, 5) is 5.91. The van der Waals surface area contributed by atoms with Crippen molar-refractivity contribution in [1.82, 2.24) is 0 Å². The van der Waals surface area contributed by atoms with Crippen LogP contribution in [0.4, 0.5) is 11.6 Å². The zero-order valence-electron chi connectivity index (χ0n) is 17.0. The lowest BCUT2D eigenvalue weighted by molar-refractivity contribution is 0.415. The minimum absolute atomic E-state index is 0.0968. The number of para-hydroxylation sites is 1. The van der Waals surface area contributed by atoms with Gasteiger partial charge in [0.2, 0.25) is 21.7 Å². The Bertz CT molecular complexity index is 1330. The molecule has 4 rings (SSSR count). The maximum atomic E-state index is 13.2. The first-order valence-corrected chi connectivity index (χ1v) is 10.9. The molecule has 0 bridgehead atoms. The van der Waals surface area contributed by atoms with E-state index in [1.54, 1.807) is 43.4 Å². The summed E-state index contributed by atoms with van der Waals surface area (Å²) in [7, 11) is -0.709. The number of nitrogens with two attached hydrogens (primary N) is 1. The lowest BCUT2D eigenvalue weighted by Gasteiger charge is -2.23. The van der Waals surface area contributed by atoms with Crippen LogP contribution in [0.1, 0.15) is 0 Å². The van der Waals surface area contributed by atoms with Gasteiger partial charge in [-0.3, -0.25) is 4.99 Å². The van der Waals surface area contributed by atoms with Gasteiger partial charge in [-0.1, -0.05) is 36.4 Å². The third-order valence-corrected chi connectivity index (χ3v) is 6.61. The average Bonchev–Trinajstić information content (AvgIpc) is 3.23. The van der Waals surface area contributed by atoms with Gasteiger partial charge >= 0.3 is 0 Å². The molecule has 4 aromatic rings. The summed E-state index contributed by atoms with van der Waals surface area (Å²) in [6, 6.07) is 22.1. The molecule has 0 radical (unpaired) electrons. The van der Waals surface area contributed by atoms with Crippen molar-refractivity contribution >= 4 is 38.3 Å². The highest BCUT2D eigenvalue weighted by molar-refractivity contribution is 7.91. The molecule has 0 aliphatic heterocycles. The van der Waals surface area contributed by atoms with Crippen molar-refractivity contribution in [3.8, 4) is 5.75 Å². The fraction of sp³-hybridized carbons (Fsp3) is 0.0870. The molecule has 0 fully saturated rings. The van der Waals surface area contributed by atoms with E-state index in [2.05, 4.69) is 4.99 Å². The molecule has 31 heavy (non-hydrogen) atoms. The van der Waals surface area contributed by atoms with Gasteiger partial charge in [-0.15, -0.1) is 0 Å². The number of benzene rings is 3. The molecular formula is C23H21N3O4S. The number of methoxy groups -OCH3 is 1. The maximum absolute atomic E-state index is 13.2. The fourth-order valence-electron chi connectivity index (χ4n) is 3.28. The predicted octanol–water partition coefficient (Wildman–Crippen LogP) is 4.36. The molecular weight excluding hydrogens is 414 g/mol. The van der Waals surface area contributed by atoms with Gasteiger partial charge in [0.05, 0.1) is 22.6 Å². The van der Waals surface area contributed by atoms with Crippen LogP contribution in [0, 0.1) is 0 Å². The average molecular weight is 436 g/mol. The van der Waals surface area contributed by atoms with Crippen molar-refractivity contribution in [2.75, 3.05) is 19.1 Å². The third-order valence-electron chi connectivity index (χ3n) is 4.85. The zero-order chi connectivity index (χ0) is 22.0. The molecule has 0 aliphatic rings. The summed E-state index contributed by atoms with van der Waals surface area (Å²) in [5.41, 5.74) is 7.26. The van der Waals surface area contributed by atoms with Crippen LogP contribution in [-0.2, 0) is 9.84 Å². The van der Waals surface area contributed by atoms with E-state index in [4.69, 9.17) is 14.9 Å². The molecule has 7 nitrogen and oxygen atoms in total. The largest absolute Gasteiger partial charge is 0.495 e. The number of fused-ring (bicyclic) bond motifs is 1. The van der Waals surface area contributed by atoms with Crippen LogP contribution in [0.5, 0.6) is 5.75 Å². The van der Waals surface area contributed by atoms with Crippen LogP contribution in [0.25, 0.3) is 11.0 Å². The second-order valence-electron chi connectivity index (χ2n) is 6.69. The van der Waals surface area contributed by atoms with E-state index in [-0.39, 0.29) is 15.8 Å². The van der Waals surface area contributed by atoms with E-state index in [1.807, 2.05) is 30.3 Å². The first-order valence-electron chi connectivity index (χ1n) is 9.45. The van der Waals surface area contributed by atoms with Gasteiger partial charge in [0.15, 0.2) is 0 Å². The highest BCUT2D eigenvalue weighted by Gasteiger charge is 2.25. The zero-order valence-corrected chi connectivity index (χ0v) is 17.8. The Hall–Kier alpha value is -3.78. The van der Waals surface area contributed by atoms with Crippen molar-refractivity contribution in [2.24, 2.45) is 10.7 Å². The third kappa shape index (κ3) is 3.73. The number of ether oxygens (including phenoxy) is 1. The van der Waals surface area contributed by atoms with Crippen molar-refractivity contribution < 1.29 is 17.6 Å². The molecule has 8 heteroatoms. The maximum Gasteiger partial charge on any atom is 0.208 e. The second-order valence-corrected chi connectivity index (χ2v) is 8.64. The smallest absolute Gasteiger partial charge is 0.208 e. The number of aliphatic imine (C=N–C) groups is 1. The highest BCUT2D eigenvalue weighted by Crippen LogP contribution is 2.38. The number of hydrogen-bond donors (Lipinski definition) is 1. The predicted molar refractivity (Wildman–Crippen MR) is 121 cm³/mol. The Morgan fingerprint density at radius 3 is 2.35 bits per heavy atom. The van der Waals surface area contributed by atoms with Gasteiger partial charge in [0.1, 0.15) is 11.3 Å². The fourth-order valence-corrected chi connectivity index (χ4v) is 4.58. The molecule has 0 atom stereocenters. The van der Waals surface area contributed by atoms with Crippen molar-refractivity contribution in [3.05, 3.63) is 78.9 Å². The van der Waals surface area contributed by atoms with Crippen molar-refractivity contribution in [1.29, 1.82) is 0 Å². The van der Waals surface area contributed by atoms with E-state index < -0.39 is 9.84 Å². The molecule has 1 heterocycles. The summed E-state index contributed by atoms with van der Waals surface area (Å²) < 4.78 is 37.8. The van der Waals surface area contributed by atoms with E-state index in [0.717, 1.165) is 5.39 Å². The normalized spacial score (nSPS) is 12.1. The Morgan fingerprint density at radius 2 is 1.68 bits per heavy atom. The molecule has 0 amide bonds. The number of nitrogens with zero attached hydrogens (tertiary/aromatic N) is 2. The highest BCUT2D eigenvalue weighted by atomic mass is 32.2. The summed E-state index contributed by atoms with van der Waals surface area (Å²) >= 11 is 0. The van der Waals surface area contributed by atoms with Crippen LogP contribution in [-0.4, -0.2) is 28.5 Å². The quantitative estimate of drug-likeness (QED) is 0.370. The molecule has 1 aromatic heterocycles. The van der Waals surface area contributed by atoms with Gasteiger partial charge in [0, 0.05) is 18.5 Å². The lowest BCUT2D eigenvalue weighted by Crippen LogP contribution is -2.33. The number of rotatable bonds is 5. The molecule has 0 spiro atoms. The Morgan fingerprint density at radius 1 is 0.968 bits per heavy atom. The number of hydrogen-bond acceptors (Lipinski definition) is 5. The minimum atomic E-state index is -3.75. The molecule has 158 valence electrons.